The predicted octanol–water partition coefficient (Wildman–Crippen LogP) is 1.21. The molecule has 1 fully saturated rings. The van der Waals surface area contributed by atoms with Gasteiger partial charge < -0.3 is 10.0 Å². The Labute approximate surface area is 90.3 Å². The van der Waals surface area contributed by atoms with Crippen molar-refractivity contribution in [3.05, 3.63) is 0 Å². The summed E-state index contributed by atoms with van der Waals surface area (Å²) in [6, 6.07) is 0. The smallest absolute Gasteiger partial charge is 0.308 e. The molecule has 1 aliphatic rings. The second kappa shape index (κ2) is 4.64. The minimum atomic E-state index is -0.790. The Morgan fingerprint density at radius 1 is 1.47 bits per heavy atom. The fourth-order valence-corrected chi connectivity index (χ4v) is 1.95. The molecule has 4 nitrogen and oxygen atoms in total. The SMILES string of the molecule is CCC(C)C(=O)N1CC(C)C(C(=O)O)C1. The number of carboxylic acids is 1. The molecule has 1 aliphatic heterocycles. The minimum Gasteiger partial charge on any atom is -0.481 e. The third-order valence-corrected chi connectivity index (χ3v) is 3.28. The molecule has 0 aromatic rings. The van der Waals surface area contributed by atoms with E-state index in [-0.39, 0.29) is 17.7 Å². The molecule has 15 heavy (non-hydrogen) atoms. The van der Waals surface area contributed by atoms with Gasteiger partial charge in [0.05, 0.1) is 5.92 Å². The zero-order valence-corrected chi connectivity index (χ0v) is 9.56. The number of carbonyl (C=O) groups is 2. The van der Waals surface area contributed by atoms with Crippen molar-refractivity contribution >= 4 is 11.9 Å². The second-order valence-corrected chi connectivity index (χ2v) is 4.47. The van der Waals surface area contributed by atoms with E-state index in [0.29, 0.717) is 13.1 Å². The van der Waals surface area contributed by atoms with Crippen LogP contribution in [-0.2, 0) is 9.59 Å². The Hall–Kier alpha value is -1.06. The van der Waals surface area contributed by atoms with Crippen LogP contribution < -0.4 is 0 Å². The van der Waals surface area contributed by atoms with E-state index in [4.69, 9.17) is 5.11 Å². The van der Waals surface area contributed by atoms with Gasteiger partial charge >= 0.3 is 5.97 Å². The van der Waals surface area contributed by atoms with Crippen molar-refractivity contribution in [2.45, 2.75) is 27.2 Å². The first-order valence-electron chi connectivity index (χ1n) is 5.49. The second-order valence-electron chi connectivity index (χ2n) is 4.47. The van der Waals surface area contributed by atoms with Crippen molar-refractivity contribution in [2.75, 3.05) is 13.1 Å². The maximum Gasteiger partial charge on any atom is 0.308 e. The topological polar surface area (TPSA) is 57.6 Å². The number of rotatable bonds is 3. The van der Waals surface area contributed by atoms with E-state index in [1.165, 1.54) is 0 Å². The molecule has 1 rings (SSSR count). The van der Waals surface area contributed by atoms with Gasteiger partial charge in [0.1, 0.15) is 0 Å². The molecule has 86 valence electrons. The highest BCUT2D eigenvalue weighted by atomic mass is 16.4. The Morgan fingerprint density at radius 3 is 2.47 bits per heavy atom. The summed E-state index contributed by atoms with van der Waals surface area (Å²) < 4.78 is 0. The van der Waals surface area contributed by atoms with Crippen molar-refractivity contribution in [2.24, 2.45) is 17.8 Å². The van der Waals surface area contributed by atoms with E-state index < -0.39 is 11.9 Å². The van der Waals surface area contributed by atoms with Gasteiger partial charge in [-0.1, -0.05) is 20.8 Å². The minimum absolute atomic E-state index is 0.00439. The van der Waals surface area contributed by atoms with Gasteiger partial charge in [-0.05, 0) is 12.3 Å². The van der Waals surface area contributed by atoms with Crippen molar-refractivity contribution < 1.29 is 14.7 Å². The summed E-state index contributed by atoms with van der Waals surface area (Å²) in [7, 11) is 0. The number of likely N-dealkylation sites (tertiary alicyclic amines) is 1. The normalized spacial score (nSPS) is 27.8. The molecule has 0 aromatic carbocycles. The number of carbonyl (C=O) groups excluding carboxylic acids is 1. The first-order chi connectivity index (χ1) is 6.97. The Kier molecular flexibility index (Phi) is 3.72. The van der Waals surface area contributed by atoms with Crippen LogP contribution in [-0.4, -0.2) is 35.0 Å². The van der Waals surface area contributed by atoms with E-state index in [2.05, 4.69) is 0 Å². The van der Waals surface area contributed by atoms with Crippen LogP contribution in [0.3, 0.4) is 0 Å². The van der Waals surface area contributed by atoms with Crippen LogP contribution in [0.15, 0.2) is 0 Å². The van der Waals surface area contributed by atoms with E-state index >= 15 is 0 Å². The van der Waals surface area contributed by atoms with Crippen molar-refractivity contribution in [3.63, 3.8) is 0 Å². The molecule has 0 aromatic heterocycles. The van der Waals surface area contributed by atoms with E-state index in [9.17, 15) is 9.59 Å². The molecule has 3 atom stereocenters. The summed E-state index contributed by atoms with van der Waals surface area (Å²) in [5.41, 5.74) is 0. The molecule has 1 heterocycles. The summed E-state index contributed by atoms with van der Waals surface area (Å²) >= 11 is 0. The third kappa shape index (κ3) is 2.49. The summed E-state index contributed by atoms with van der Waals surface area (Å²) in [6.45, 7) is 6.71. The van der Waals surface area contributed by atoms with Crippen LogP contribution in [0.5, 0.6) is 0 Å². The van der Waals surface area contributed by atoms with Gasteiger partial charge in [0, 0.05) is 19.0 Å². The van der Waals surface area contributed by atoms with Gasteiger partial charge in [0.2, 0.25) is 5.91 Å². The average Bonchev–Trinajstić information content (AvgIpc) is 2.58. The molecule has 0 spiro atoms. The quantitative estimate of drug-likeness (QED) is 0.766. The molecule has 0 aliphatic carbocycles. The highest BCUT2D eigenvalue weighted by Crippen LogP contribution is 2.24. The summed E-state index contributed by atoms with van der Waals surface area (Å²) in [4.78, 5) is 24.4. The van der Waals surface area contributed by atoms with Gasteiger partial charge in [-0.3, -0.25) is 9.59 Å². The molecule has 1 amide bonds. The van der Waals surface area contributed by atoms with Gasteiger partial charge in [-0.2, -0.15) is 0 Å². The Balaban J connectivity index is 2.62. The van der Waals surface area contributed by atoms with Crippen molar-refractivity contribution in [3.8, 4) is 0 Å². The lowest BCUT2D eigenvalue weighted by molar-refractivity contribution is -0.142. The van der Waals surface area contributed by atoms with Crippen LogP contribution >= 0.6 is 0 Å². The summed E-state index contributed by atoms with van der Waals surface area (Å²) in [5, 5.41) is 8.94. The molecule has 0 radical (unpaired) electrons. The number of amides is 1. The highest BCUT2D eigenvalue weighted by molar-refractivity contribution is 5.80. The number of hydrogen-bond donors (Lipinski definition) is 1. The zero-order chi connectivity index (χ0) is 11.6. The van der Waals surface area contributed by atoms with Crippen LogP contribution in [0, 0.1) is 17.8 Å². The third-order valence-electron chi connectivity index (χ3n) is 3.28. The van der Waals surface area contributed by atoms with Gasteiger partial charge in [0.15, 0.2) is 0 Å². The van der Waals surface area contributed by atoms with Crippen LogP contribution in [0.25, 0.3) is 0 Å². The lowest BCUT2D eigenvalue weighted by atomic mass is 9.99. The standard InChI is InChI=1S/C11H19NO3/c1-4-7(2)10(13)12-5-8(3)9(6-12)11(14)15/h7-9H,4-6H2,1-3H3,(H,14,15). The summed E-state index contributed by atoms with van der Waals surface area (Å²) in [5.74, 6) is -1.02. The van der Waals surface area contributed by atoms with Gasteiger partial charge in [-0.15, -0.1) is 0 Å². The number of aliphatic carboxylic acids is 1. The lowest BCUT2D eigenvalue weighted by Crippen LogP contribution is -2.33. The highest BCUT2D eigenvalue weighted by Gasteiger charge is 2.37. The molecule has 3 unspecified atom stereocenters. The molecule has 1 N–H and O–H groups in total. The van der Waals surface area contributed by atoms with E-state index in [0.717, 1.165) is 6.42 Å². The summed E-state index contributed by atoms with van der Waals surface area (Å²) in [6.07, 6.45) is 0.807. The zero-order valence-electron chi connectivity index (χ0n) is 9.56. The van der Waals surface area contributed by atoms with E-state index in [1.54, 1.807) is 4.90 Å². The molecule has 0 bridgehead atoms. The molecular formula is C11H19NO3. The fourth-order valence-electron chi connectivity index (χ4n) is 1.95. The fraction of sp³-hybridized carbons (Fsp3) is 0.818. The van der Waals surface area contributed by atoms with E-state index in [1.807, 2.05) is 20.8 Å². The maximum atomic E-state index is 11.8. The molecule has 1 saturated heterocycles. The Morgan fingerprint density at radius 2 is 2.07 bits per heavy atom. The van der Waals surface area contributed by atoms with Gasteiger partial charge in [0.25, 0.3) is 0 Å². The monoisotopic (exact) mass is 213 g/mol. The first kappa shape index (κ1) is 12.0. The van der Waals surface area contributed by atoms with Crippen LogP contribution in [0.1, 0.15) is 27.2 Å². The van der Waals surface area contributed by atoms with Crippen molar-refractivity contribution in [1.82, 2.24) is 4.90 Å². The number of nitrogens with zero attached hydrogens (tertiary/aromatic N) is 1. The van der Waals surface area contributed by atoms with Crippen LogP contribution in [0.4, 0.5) is 0 Å². The average molecular weight is 213 g/mol. The lowest BCUT2D eigenvalue weighted by Gasteiger charge is -2.19. The maximum absolute atomic E-state index is 11.8. The number of carboxylic acid groups (broad SMARTS) is 1. The van der Waals surface area contributed by atoms with Crippen molar-refractivity contribution in [1.29, 1.82) is 0 Å². The molecule has 4 heteroatoms. The predicted molar refractivity (Wildman–Crippen MR) is 56.3 cm³/mol. The van der Waals surface area contributed by atoms with Crippen LogP contribution in [0.2, 0.25) is 0 Å². The first-order valence-corrected chi connectivity index (χ1v) is 5.49. The molecule has 0 saturated carbocycles. The Bertz CT molecular complexity index is 265. The number of hydrogen-bond acceptors (Lipinski definition) is 2. The van der Waals surface area contributed by atoms with Gasteiger partial charge in [-0.25, -0.2) is 0 Å². The largest absolute Gasteiger partial charge is 0.481 e. The molecular weight excluding hydrogens is 194 g/mol.